The molecule has 210 valence electrons. The second-order valence-electron chi connectivity index (χ2n) is 11.1. The summed E-state index contributed by atoms with van der Waals surface area (Å²) in [6.45, 7) is 2.50. The van der Waals surface area contributed by atoms with Crippen LogP contribution in [0.5, 0.6) is 0 Å². The van der Waals surface area contributed by atoms with Gasteiger partial charge in [0.1, 0.15) is 23.2 Å². The highest BCUT2D eigenvalue weighted by Gasteiger charge is 2.45. The Morgan fingerprint density at radius 3 is 1.28 bits per heavy atom. The molecule has 0 bridgehead atoms. The predicted octanol–water partition coefficient (Wildman–Crippen LogP) is 7.22. The van der Waals surface area contributed by atoms with E-state index in [1.54, 1.807) is 0 Å². The second kappa shape index (κ2) is 11.5. The van der Waals surface area contributed by atoms with Crippen LogP contribution in [0, 0.1) is 0 Å². The van der Waals surface area contributed by atoms with E-state index in [-0.39, 0.29) is 0 Å². The van der Waals surface area contributed by atoms with Gasteiger partial charge in [0.05, 0.1) is 18.0 Å². The topological polar surface area (TPSA) is 6.48 Å². The van der Waals surface area contributed by atoms with Gasteiger partial charge in [-0.25, -0.2) is 0 Å². The van der Waals surface area contributed by atoms with Crippen molar-refractivity contribution in [2.24, 2.45) is 0 Å². The zero-order valence-corrected chi connectivity index (χ0v) is 26.6. The number of hydrogen-bond donors (Lipinski definition) is 0. The second-order valence-corrected chi connectivity index (χ2v) is 16.7. The fraction of sp³-hybridized carbons (Fsp3) is 0.0769. The van der Waals surface area contributed by atoms with Crippen molar-refractivity contribution >= 4 is 69.8 Å². The summed E-state index contributed by atoms with van der Waals surface area (Å²) in [4.78, 5) is 4.89. The third kappa shape index (κ3) is 4.67. The van der Waals surface area contributed by atoms with E-state index in [4.69, 9.17) is 0 Å². The van der Waals surface area contributed by atoms with Crippen LogP contribution >= 0.6 is 15.2 Å². The quantitative estimate of drug-likeness (QED) is 0.196. The van der Waals surface area contributed by atoms with Crippen LogP contribution in [0.15, 0.2) is 158 Å². The lowest BCUT2D eigenvalue weighted by atomic mass is 10.2. The van der Waals surface area contributed by atoms with Gasteiger partial charge in [0, 0.05) is 36.1 Å². The molecule has 0 fully saturated rings. The molecule has 43 heavy (non-hydrogen) atoms. The molecule has 1 aliphatic heterocycles. The average molecular weight is 594 g/mol. The van der Waals surface area contributed by atoms with E-state index in [1.165, 1.54) is 54.6 Å². The molecule has 0 saturated carbocycles. The van der Waals surface area contributed by atoms with E-state index in [2.05, 4.69) is 188 Å². The maximum atomic E-state index is 2.50. The van der Waals surface area contributed by atoms with Crippen molar-refractivity contribution in [1.29, 1.82) is 0 Å². The molecule has 2 nitrogen and oxygen atoms in total. The summed E-state index contributed by atoms with van der Waals surface area (Å²) in [5, 5.41) is 8.21. The van der Waals surface area contributed by atoms with Crippen LogP contribution in [-0.2, 0) is 0 Å². The molecule has 0 amide bonds. The number of benzene rings is 6. The van der Waals surface area contributed by atoms with Crippen molar-refractivity contribution in [2.75, 3.05) is 30.6 Å². The van der Waals surface area contributed by atoms with Crippen LogP contribution in [0.3, 0.4) is 0 Å². The van der Waals surface area contributed by atoms with Crippen molar-refractivity contribution < 1.29 is 0 Å². The van der Waals surface area contributed by atoms with Crippen molar-refractivity contribution in [2.45, 2.75) is 0 Å². The molecule has 1 aliphatic rings. The fourth-order valence-corrected chi connectivity index (χ4v) is 12.9. The van der Waals surface area contributed by atoms with Crippen molar-refractivity contribution in [3.8, 4) is 0 Å². The SMILES string of the molecule is CN1c2ccccc2P(c2ccccc2)c2ccccc2N(C)c2ccccc2[P+](C)(c2ccccc2)c2ccccc21. The van der Waals surface area contributed by atoms with Crippen LogP contribution in [0.1, 0.15) is 0 Å². The van der Waals surface area contributed by atoms with E-state index in [0.29, 0.717) is 0 Å². The normalized spacial score (nSPS) is 17.9. The first-order chi connectivity index (χ1) is 21.1. The molecule has 0 aromatic heterocycles. The third-order valence-electron chi connectivity index (χ3n) is 8.70. The molecule has 1 heterocycles. The van der Waals surface area contributed by atoms with Crippen LogP contribution in [0.25, 0.3) is 0 Å². The van der Waals surface area contributed by atoms with Gasteiger partial charge in [0.2, 0.25) is 0 Å². The van der Waals surface area contributed by atoms with Gasteiger partial charge in [-0.1, -0.05) is 109 Å². The number of anilines is 4. The van der Waals surface area contributed by atoms with Gasteiger partial charge in [0.15, 0.2) is 0 Å². The summed E-state index contributed by atoms with van der Waals surface area (Å²) in [5.41, 5.74) is 5.00. The minimum atomic E-state index is -2.10. The van der Waals surface area contributed by atoms with Crippen LogP contribution < -0.4 is 41.6 Å². The van der Waals surface area contributed by atoms with Crippen molar-refractivity contribution in [3.05, 3.63) is 158 Å². The summed E-state index contributed by atoms with van der Waals surface area (Å²) in [6.07, 6.45) is 0. The minimum absolute atomic E-state index is 0.865. The summed E-state index contributed by atoms with van der Waals surface area (Å²) in [5.74, 6) is 0. The molecule has 0 aliphatic carbocycles. The lowest BCUT2D eigenvalue weighted by molar-refractivity contribution is 1.22. The monoisotopic (exact) mass is 593 g/mol. The molecular weight excluding hydrogens is 558 g/mol. The van der Waals surface area contributed by atoms with Gasteiger partial charge in [-0.15, -0.1) is 0 Å². The van der Waals surface area contributed by atoms with E-state index in [9.17, 15) is 0 Å². The summed E-state index contributed by atoms with van der Waals surface area (Å²) in [7, 11) is 1.54. The smallest absolute Gasteiger partial charge is 0.128 e. The first-order valence-electron chi connectivity index (χ1n) is 14.7. The van der Waals surface area contributed by atoms with Crippen LogP contribution in [0.2, 0.25) is 0 Å². The summed E-state index contributed by atoms with van der Waals surface area (Å²) < 4.78 is 0. The Kier molecular flexibility index (Phi) is 7.36. The number of hydrogen-bond acceptors (Lipinski definition) is 2. The summed E-state index contributed by atoms with van der Waals surface area (Å²) in [6, 6.07) is 58.4. The van der Waals surface area contributed by atoms with Crippen LogP contribution in [0.4, 0.5) is 22.7 Å². The Bertz CT molecular complexity index is 1790. The van der Waals surface area contributed by atoms with Gasteiger partial charge in [-0.3, -0.25) is 0 Å². The Balaban J connectivity index is 1.63. The molecule has 0 N–H and O–H groups in total. The largest absolute Gasteiger partial charge is 0.341 e. The van der Waals surface area contributed by atoms with E-state index in [1.807, 2.05) is 0 Å². The maximum Gasteiger partial charge on any atom is 0.128 e. The lowest BCUT2D eigenvalue weighted by Crippen LogP contribution is -2.37. The molecule has 6 aromatic carbocycles. The average Bonchev–Trinajstić information content (AvgIpc) is 3.08. The molecule has 0 spiro atoms. The summed E-state index contributed by atoms with van der Waals surface area (Å²) >= 11 is 0. The van der Waals surface area contributed by atoms with E-state index >= 15 is 0 Å². The standard InChI is InChI=1S/C39H35N2P2/c1-40-32-22-10-14-26-36(32)42(30-18-6-4-7-19-30)37-27-15-11-23-33(37)41(2)35-25-13-17-29-39(35)43(3,31-20-8-5-9-21-31)38-28-16-12-24-34(38)40/h4-29H,1-3H3/q+1. The van der Waals surface area contributed by atoms with Gasteiger partial charge in [0.25, 0.3) is 0 Å². The zero-order valence-electron chi connectivity index (χ0n) is 24.8. The highest BCUT2D eigenvalue weighted by Crippen LogP contribution is 2.56. The molecule has 0 saturated heterocycles. The zero-order chi connectivity index (χ0) is 29.4. The van der Waals surface area contributed by atoms with Crippen molar-refractivity contribution in [1.82, 2.24) is 0 Å². The van der Waals surface area contributed by atoms with Gasteiger partial charge in [-0.2, -0.15) is 0 Å². The van der Waals surface area contributed by atoms with Gasteiger partial charge >= 0.3 is 0 Å². The molecule has 7 rings (SSSR count). The lowest BCUT2D eigenvalue weighted by Gasteiger charge is -2.35. The number of rotatable bonds is 2. The van der Waals surface area contributed by atoms with E-state index in [0.717, 1.165) is 0 Å². The first-order valence-corrected chi connectivity index (χ1v) is 18.3. The van der Waals surface area contributed by atoms with Crippen molar-refractivity contribution in [3.63, 3.8) is 0 Å². The maximum absolute atomic E-state index is 2.50. The van der Waals surface area contributed by atoms with Crippen LogP contribution in [-0.4, -0.2) is 20.8 Å². The molecular formula is C39H35N2P2+. The molecule has 0 atom stereocenters. The van der Waals surface area contributed by atoms with Gasteiger partial charge < -0.3 is 9.80 Å². The Hall–Kier alpha value is -4.22. The Morgan fingerprint density at radius 1 is 0.419 bits per heavy atom. The van der Waals surface area contributed by atoms with Gasteiger partial charge in [-0.05, 0) is 61.8 Å². The highest BCUT2D eigenvalue weighted by atomic mass is 31.2. The molecule has 0 unspecified atom stereocenters. The Morgan fingerprint density at radius 2 is 0.791 bits per heavy atom. The number of nitrogens with zero attached hydrogens (tertiary/aromatic N) is 2. The minimum Gasteiger partial charge on any atom is -0.341 e. The van der Waals surface area contributed by atoms with E-state index < -0.39 is 15.2 Å². The first kappa shape index (κ1) is 27.6. The molecule has 6 aromatic rings. The third-order valence-corrected chi connectivity index (χ3v) is 15.3. The number of para-hydroxylation sites is 4. The highest BCUT2D eigenvalue weighted by molar-refractivity contribution is 7.95. The Labute approximate surface area is 257 Å². The molecule has 0 radical (unpaired) electrons. The fourth-order valence-electron chi connectivity index (χ4n) is 6.50. The number of fused-ring (bicyclic) bond motifs is 4. The predicted molar refractivity (Wildman–Crippen MR) is 192 cm³/mol. The molecule has 4 heteroatoms.